The van der Waals surface area contributed by atoms with Crippen LogP contribution in [0, 0.1) is 0 Å². The molecule has 0 aliphatic carbocycles. The van der Waals surface area contributed by atoms with Crippen LogP contribution in [0.5, 0.6) is 17.2 Å². The van der Waals surface area contributed by atoms with Crippen LogP contribution in [-0.2, 0) is 6.61 Å². The van der Waals surface area contributed by atoms with Crippen molar-refractivity contribution >= 4 is 5.97 Å². The Morgan fingerprint density at radius 1 is 1.05 bits per heavy atom. The summed E-state index contributed by atoms with van der Waals surface area (Å²) in [5.74, 6) is -2.18. The smallest absolute Gasteiger partial charge is 0.335 e. The lowest BCUT2D eigenvalue weighted by molar-refractivity contribution is 0.0695. The van der Waals surface area contributed by atoms with Crippen molar-refractivity contribution in [2.24, 2.45) is 0 Å². The van der Waals surface area contributed by atoms with Crippen LogP contribution in [0.4, 0.5) is 0 Å². The highest BCUT2D eigenvalue weighted by Crippen LogP contribution is 2.37. The van der Waals surface area contributed by atoms with Gasteiger partial charge in [-0.2, -0.15) is 0 Å². The summed E-state index contributed by atoms with van der Waals surface area (Å²) in [4.78, 5) is 10.7. The molecule has 0 heterocycles. The first kappa shape index (κ1) is 12.8. The standard InChI is InChI=1S/C14H12O5/c15-11-6-10(14(17)18)7-12(16)13(11)19-8-9-4-2-1-3-5-9/h1-7,15-16H,8H2,(H,17,18). The van der Waals surface area contributed by atoms with Crippen LogP contribution in [0.1, 0.15) is 15.9 Å². The maximum Gasteiger partial charge on any atom is 0.335 e. The number of hydrogen-bond donors (Lipinski definition) is 3. The molecule has 0 unspecified atom stereocenters. The van der Waals surface area contributed by atoms with Gasteiger partial charge in [0.25, 0.3) is 0 Å². The predicted octanol–water partition coefficient (Wildman–Crippen LogP) is 2.38. The normalized spacial score (nSPS) is 10.1. The number of rotatable bonds is 4. The van der Waals surface area contributed by atoms with E-state index in [1.807, 2.05) is 30.3 Å². The minimum atomic E-state index is -1.24. The first-order valence-electron chi connectivity index (χ1n) is 5.54. The molecule has 98 valence electrons. The first-order chi connectivity index (χ1) is 9.08. The minimum Gasteiger partial charge on any atom is -0.504 e. The average molecular weight is 260 g/mol. The highest BCUT2D eigenvalue weighted by atomic mass is 16.5. The number of ether oxygens (including phenoxy) is 1. The SMILES string of the molecule is O=C(O)c1cc(O)c(OCc2ccccc2)c(O)c1. The zero-order valence-electron chi connectivity index (χ0n) is 9.91. The van der Waals surface area contributed by atoms with Crippen LogP contribution in [0.25, 0.3) is 0 Å². The van der Waals surface area contributed by atoms with Crippen molar-refractivity contribution < 1.29 is 24.9 Å². The van der Waals surface area contributed by atoms with Gasteiger partial charge in [0, 0.05) is 0 Å². The highest BCUT2D eigenvalue weighted by molar-refractivity contribution is 5.89. The Kier molecular flexibility index (Phi) is 3.56. The number of carbonyl (C=O) groups is 1. The molecule has 0 bridgehead atoms. The zero-order valence-corrected chi connectivity index (χ0v) is 9.91. The minimum absolute atomic E-state index is 0.131. The van der Waals surface area contributed by atoms with Gasteiger partial charge >= 0.3 is 5.97 Å². The van der Waals surface area contributed by atoms with Crippen molar-refractivity contribution in [1.82, 2.24) is 0 Å². The van der Waals surface area contributed by atoms with E-state index in [9.17, 15) is 15.0 Å². The quantitative estimate of drug-likeness (QED) is 0.785. The van der Waals surface area contributed by atoms with Crippen LogP contribution >= 0.6 is 0 Å². The Bertz CT molecular complexity index is 569. The fourth-order valence-electron chi connectivity index (χ4n) is 1.60. The summed E-state index contributed by atoms with van der Waals surface area (Å²) in [5, 5.41) is 28.1. The second-order valence-electron chi connectivity index (χ2n) is 3.92. The van der Waals surface area contributed by atoms with Crippen molar-refractivity contribution in [3.05, 3.63) is 53.6 Å². The fourth-order valence-corrected chi connectivity index (χ4v) is 1.60. The number of hydrogen-bond acceptors (Lipinski definition) is 4. The van der Waals surface area contributed by atoms with Gasteiger partial charge in [-0.3, -0.25) is 0 Å². The molecule has 5 nitrogen and oxygen atoms in total. The van der Waals surface area contributed by atoms with Crippen LogP contribution < -0.4 is 4.74 Å². The zero-order chi connectivity index (χ0) is 13.8. The van der Waals surface area contributed by atoms with E-state index in [-0.39, 0.29) is 17.9 Å². The number of phenols is 2. The lowest BCUT2D eigenvalue weighted by Crippen LogP contribution is -1.99. The molecule has 2 rings (SSSR count). The molecule has 0 spiro atoms. The molecule has 0 saturated heterocycles. The van der Waals surface area contributed by atoms with E-state index in [4.69, 9.17) is 9.84 Å². The second-order valence-corrected chi connectivity index (χ2v) is 3.92. The topological polar surface area (TPSA) is 87.0 Å². The summed E-state index contributed by atoms with van der Waals surface area (Å²) >= 11 is 0. The van der Waals surface area contributed by atoms with Gasteiger partial charge in [0.2, 0.25) is 5.75 Å². The van der Waals surface area contributed by atoms with Crippen molar-refractivity contribution in [3.63, 3.8) is 0 Å². The van der Waals surface area contributed by atoms with Crippen LogP contribution in [0.3, 0.4) is 0 Å². The molecule has 2 aromatic carbocycles. The largest absolute Gasteiger partial charge is 0.504 e. The van der Waals surface area contributed by atoms with Gasteiger partial charge in [0.15, 0.2) is 11.5 Å². The van der Waals surface area contributed by atoms with Crippen molar-refractivity contribution in [1.29, 1.82) is 0 Å². The van der Waals surface area contributed by atoms with Crippen molar-refractivity contribution in [3.8, 4) is 17.2 Å². The third kappa shape index (κ3) is 2.95. The molecular weight excluding hydrogens is 248 g/mol. The average Bonchev–Trinajstić information content (AvgIpc) is 2.38. The molecule has 2 aromatic rings. The predicted molar refractivity (Wildman–Crippen MR) is 67.5 cm³/mol. The Morgan fingerprint density at radius 2 is 1.63 bits per heavy atom. The fraction of sp³-hybridized carbons (Fsp3) is 0.0714. The van der Waals surface area contributed by atoms with Crippen molar-refractivity contribution in [2.45, 2.75) is 6.61 Å². The second kappa shape index (κ2) is 5.30. The summed E-state index contributed by atoms with van der Waals surface area (Å²) in [6, 6.07) is 11.3. The molecule has 0 aromatic heterocycles. The number of aromatic hydroxyl groups is 2. The molecule has 0 aliphatic rings. The Hall–Kier alpha value is -2.69. The molecular formula is C14H12O5. The van der Waals surface area contributed by atoms with Crippen LogP contribution in [-0.4, -0.2) is 21.3 Å². The lowest BCUT2D eigenvalue weighted by Gasteiger charge is -2.10. The van der Waals surface area contributed by atoms with Crippen LogP contribution in [0.2, 0.25) is 0 Å². The Balaban J connectivity index is 2.19. The van der Waals surface area contributed by atoms with E-state index < -0.39 is 17.5 Å². The van der Waals surface area contributed by atoms with Crippen LogP contribution in [0.15, 0.2) is 42.5 Å². The van der Waals surface area contributed by atoms with Gasteiger partial charge in [-0.05, 0) is 17.7 Å². The highest BCUT2D eigenvalue weighted by Gasteiger charge is 2.14. The molecule has 0 radical (unpaired) electrons. The maximum atomic E-state index is 10.7. The molecule has 0 amide bonds. The number of phenolic OH excluding ortho intramolecular Hbond substituents is 2. The van der Waals surface area contributed by atoms with Gasteiger partial charge in [-0.25, -0.2) is 4.79 Å². The summed E-state index contributed by atoms with van der Waals surface area (Å²) in [6.07, 6.45) is 0. The number of carboxylic acid groups (broad SMARTS) is 1. The van der Waals surface area contributed by atoms with E-state index in [0.29, 0.717) is 0 Å². The van der Waals surface area contributed by atoms with E-state index in [0.717, 1.165) is 17.7 Å². The van der Waals surface area contributed by atoms with E-state index >= 15 is 0 Å². The molecule has 0 saturated carbocycles. The Labute approximate surface area is 109 Å². The number of carboxylic acids is 1. The monoisotopic (exact) mass is 260 g/mol. The third-order valence-electron chi connectivity index (χ3n) is 2.52. The molecule has 0 aliphatic heterocycles. The maximum absolute atomic E-state index is 10.7. The molecule has 3 N–H and O–H groups in total. The molecule has 0 fully saturated rings. The molecule has 0 atom stereocenters. The van der Waals surface area contributed by atoms with Gasteiger partial charge in [0.05, 0.1) is 5.56 Å². The van der Waals surface area contributed by atoms with Gasteiger partial charge in [-0.1, -0.05) is 30.3 Å². The van der Waals surface area contributed by atoms with Crippen molar-refractivity contribution in [2.75, 3.05) is 0 Å². The Morgan fingerprint density at radius 3 is 2.16 bits per heavy atom. The number of aromatic carboxylic acids is 1. The van der Waals surface area contributed by atoms with E-state index in [1.165, 1.54) is 0 Å². The first-order valence-corrected chi connectivity index (χ1v) is 5.54. The lowest BCUT2D eigenvalue weighted by atomic mass is 10.2. The third-order valence-corrected chi connectivity index (χ3v) is 2.52. The molecule has 5 heteroatoms. The number of benzene rings is 2. The summed E-state index contributed by atoms with van der Waals surface area (Å²) < 4.78 is 5.30. The van der Waals surface area contributed by atoms with E-state index in [1.54, 1.807) is 0 Å². The summed E-state index contributed by atoms with van der Waals surface area (Å²) in [6.45, 7) is 0.161. The van der Waals surface area contributed by atoms with E-state index in [2.05, 4.69) is 0 Å². The molecule has 19 heavy (non-hydrogen) atoms. The van der Waals surface area contributed by atoms with Gasteiger partial charge in [-0.15, -0.1) is 0 Å². The summed E-state index contributed by atoms with van der Waals surface area (Å²) in [5.41, 5.74) is 0.658. The summed E-state index contributed by atoms with van der Waals surface area (Å²) in [7, 11) is 0. The van der Waals surface area contributed by atoms with Gasteiger partial charge in [0.1, 0.15) is 6.61 Å². The van der Waals surface area contributed by atoms with Gasteiger partial charge < -0.3 is 20.1 Å².